The van der Waals surface area contributed by atoms with Crippen LogP contribution in [0.4, 0.5) is 27.8 Å². The molecule has 3 rings (SSSR count). The van der Waals surface area contributed by atoms with E-state index in [4.69, 9.17) is 5.11 Å². The van der Waals surface area contributed by atoms with E-state index in [2.05, 4.69) is 35.7 Å². The van der Waals surface area contributed by atoms with Crippen molar-refractivity contribution in [1.82, 2.24) is 20.2 Å². The van der Waals surface area contributed by atoms with E-state index in [0.29, 0.717) is 18.1 Å². The molecule has 1 aromatic carbocycles. The number of carbonyl (C=O) groups is 1. The van der Waals surface area contributed by atoms with Gasteiger partial charge in [0.2, 0.25) is 0 Å². The molecule has 1 fully saturated rings. The number of nitrogens with one attached hydrogen (secondary N) is 3. The number of urea groups is 1. The molecule has 2 aromatic rings. The van der Waals surface area contributed by atoms with E-state index in [-0.39, 0.29) is 12.6 Å². The van der Waals surface area contributed by atoms with Crippen LogP contribution in [0.5, 0.6) is 0 Å². The Morgan fingerprint density at radius 1 is 1.11 bits per heavy atom. The first-order valence-electron chi connectivity index (χ1n) is 9.37. The third-order valence-electron chi connectivity index (χ3n) is 4.58. The molecule has 150 valence electrons. The minimum Gasteiger partial charge on any atom is -0.395 e. The third-order valence-corrected chi connectivity index (χ3v) is 4.58. The van der Waals surface area contributed by atoms with Crippen molar-refractivity contribution < 1.29 is 9.90 Å². The number of aliphatic hydroxyl groups is 1. The van der Waals surface area contributed by atoms with Crippen LogP contribution in [-0.4, -0.2) is 72.4 Å². The lowest BCUT2D eigenvalue weighted by molar-refractivity contribution is 0.188. The van der Waals surface area contributed by atoms with E-state index < -0.39 is 0 Å². The fourth-order valence-electron chi connectivity index (χ4n) is 3.10. The van der Waals surface area contributed by atoms with Gasteiger partial charge >= 0.3 is 6.03 Å². The highest BCUT2D eigenvalue weighted by Gasteiger charge is 2.18. The summed E-state index contributed by atoms with van der Waals surface area (Å²) in [4.78, 5) is 24.9. The first kappa shape index (κ1) is 19.8. The fourth-order valence-corrected chi connectivity index (χ4v) is 3.10. The van der Waals surface area contributed by atoms with E-state index >= 15 is 0 Å². The number of aryl methyl sites for hydroxylation is 1. The Hall–Kier alpha value is -2.91. The van der Waals surface area contributed by atoms with Crippen LogP contribution in [-0.2, 0) is 0 Å². The SMILES string of the molecule is CNC(=O)Nc1ccc(Nc2cc(N3CCN(CCO)CC3)nc(C)n2)cc1. The molecular weight excluding hydrogens is 358 g/mol. The van der Waals surface area contributed by atoms with Gasteiger partial charge in [-0.05, 0) is 31.2 Å². The summed E-state index contributed by atoms with van der Waals surface area (Å²) in [5.41, 5.74) is 1.59. The lowest BCUT2D eigenvalue weighted by atomic mass is 10.2. The van der Waals surface area contributed by atoms with Crippen LogP contribution in [0.15, 0.2) is 30.3 Å². The minimum atomic E-state index is -0.254. The van der Waals surface area contributed by atoms with Crippen molar-refractivity contribution in [3.63, 3.8) is 0 Å². The van der Waals surface area contributed by atoms with Gasteiger partial charge in [-0.2, -0.15) is 0 Å². The van der Waals surface area contributed by atoms with Gasteiger partial charge in [0, 0.05) is 57.2 Å². The van der Waals surface area contributed by atoms with Crippen molar-refractivity contribution in [2.45, 2.75) is 6.92 Å². The third kappa shape index (κ3) is 5.30. The van der Waals surface area contributed by atoms with Gasteiger partial charge in [0.05, 0.1) is 6.61 Å². The second kappa shape index (κ2) is 9.34. The molecule has 0 atom stereocenters. The lowest BCUT2D eigenvalue weighted by Crippen LogP contribution is -2.47. The first-order valence-corrected chi connectivity index (χ1v) is 9.37. The average Bonchev–Trinajstić information content (AvgIpc) is 2.70. The highest BCUT2D eigenvalue weighted by Crippen LogP contribution is 2.22. The van der Waals surface area contributed by atoms with Gasteiger partial charge in [0.1, 0.15) is 17.5 Å². The quantitative estimate of drug-likeness (QED) is 0.595. The number of aromatic nitrogens is 2. The van der Waals surface area contributed by atoms with Gasteiger partial charge in [0.15, 0.2) is 0 Å². The molecular formula is C19H27N7O2. The van der Waals surface area contributed by atoms with Crippen molar-refractivity contribution in [2.75, 3.05) is 61.9 Å². The number of anilines is 4. The molecule has 1 saturated heterocycles. The van der Waals surface area contributed by atoms with Crippen molar-refractivity contribution in [3.8, 4) is 0 Å². The van der Waals surface area contributed by atoms with Crippen molar-refractivity contribution in [3.05, 3.63) is 36.2 Å². The Morgan fingerprint density at radius 3 is 2.43 bits per heavy atom. The number of rotatable bonds is 6. The van der Waals surface area contributed by atoms with E-state index in [9.17, 15) is 4.79 Å². The fraction of sp³-hybridized carbons (Fsp3) is 0.421. The summed E-state index contributed by atoms with van der Waals surface area (Å²) in [5.74, 6) is 2.33. The zero-order chi connectivity index (χ0) is 19.9. The molecule has 0 saturated carbocycles. The highest BCUT2D eigenvalue weighted by atomic mass is 16.3. The second-order valence-electron chi connectivity index (χ2n) is 6.62. The van der Waals surface area contributed by atoms with Crippen LogP contribution in [0, 0.1) is 6.92 Å². The number of carbonyl (C=O) groups excluding carboxylic acids is 1. The second-order valence-corrected chi connectivity index (χ2v) is 6.62. The normalized spacial score (nSPS) is 14.6. The maximum absolute atomic E-state index is 11.4. The Balaban J connectivity index is 1.66. The van der Waals surface area contributed by atoms with Gasteiger partial charge in [-0.25, -0.2) is 14.8 Å². The highest BCUT2D eigenvalue weighted by molar-refractivity contribution is 5.89. The molecule has 0 spiro atoms. The van der Waals surface area contributed by atoms with Crippen LogP contribution in [0.2, 0.25) is 0 Å². The number of hydrogen-bond acceptors (Lipinski definition) is 7. The summed E-state index contributed by atoms with van der Waals surface area (Å²) in [6.07, 6.45) is 0. The van der Waals surface area contributed by atoms with Crippen LogP contribution in [0.1, 0.15) is 5.82 Å². The van der Waals surface area contributed by atoms with E-state index in [1.54, 1.807) is 7.05 Å². The van der Waals surface area contributed by atoms with Gasteiger partial charge in [-0.1, -0.05) is 0 Å². The summed E-state index contributed by atoms with van der Waals surface area (Å²) in [6.45, 7) is 6.35. The standard InChI is InChI=1S/C19H27N7O2/c1-14-21-17(23-15-3-5-16(6-4-15)24-19(28)20-2)13-18(22-14)26-9-7-25(8-10-26)11-12-27/h3-6,13,27H,7-12H2,1-2H3,(H2,20,24,28)(H,21,22,23). The molecule has 1 aliphatic heterocycles. The molecule has 9 heteroatoms. The molecule has 0 unspecified atom stereocenters. The molecule has 1 aromatic heterocycles. The molecule has 0 radical (unpaired) electrons. The Kier molecular flexibility index (Phi) is 6.62. The maximum atomic E-state index is 11.4. The van der Waals surface area contributed by atoms with Crippen LogP contribution in [0.3, 0.4) is 0 Å². The predicted octanol–water partition coefficient (Wildman–Crippen LogP) is 1.39. The number of benzene rings is 1. The van der Waals surface area contributed by atoms with Gasteiger partial charge < -0.3 is 26.0 Å². The first-order chi connectivity index (χ1) is 13.6. The van der Waals surface area contributed by atoms with Crippen LogP contribution >= 0.6 is 0 Å². The van der Waals surface area contributed by atoms with E-state index in [0.717, 1.165) is 43.5 Å². The molecule has 0 bridgehead atoms. The van der Waals surface area contributed by atoms with Crippen molar-refractivity contribution in [2.24, 2.45) is 0 Å². The monoisotopic (exact) mass is 385 g/mol. The average molecular weight is 385 g/mol. The molecule has 2 heterocycles. The Morgan fingerprint density at radius 2 is 1.79 bits per heavy atom. The largest absolute Gasteiger partial charge is 0.395 e. The number of nitrogens with zero attached hydrogens (tertiary/aromatic N) is 4. The van der Waals surface area contributed by atoms with Gasteiger partial charge in [-0.15, -0.1) is 0 Å². The van der Waals surface area contributed by atoms with Gasteiger partial charge in [0.25, 0.3) is 0 Å². The van der Waals surface area contributed by atoms with Crippen molar-refractivity contribution in [1.29, 1.82) is 0 Å². The molecule has 2 amide bonds. The molecule has 0 aliphatic carbocycles. The zero-order valence-corrected chi connectivity index (χ0v) is 16.3. The van der Waals surface area contributed by atoms with E-state index in [1.807, 2.05) is 37.3 Å². The summed E-state index contributed by atoms with van der Waals surface area (Å²) in [6, 6.07) is 9.12. The number of piperazine rings is 1. The molecule has 1 aliphatic rings. The Labute approximate surface area is 164 Å². The summed E-state index contributed by atoms with van der Waals surface area (Å²) >= 11 is 0. The Bertz CT molecular complexity index is 789. The smallest absolute Gasteiger partial charge is 0.318 e. The van der Waals surface area contributed by atoms with Gasteiger partial charge in [-0.3, -0.25) is 4.90 Å². The van der Waals surface area contributed by atoms with Crippen molar-refractivity contribution >= 4 is 29.0 Å². The summed E-state index contributed by atoms with van der Waals surface area (Å²) in [5, 5.41) is 17.6. The lowest BCUT2D eigenvalue weighted by Gasteiger charge is -2.35. The van der Waals surface area contributed by atoms with E-state index in [1.165, 1.54) is 0 Å². The summed E-state index contributed by atoms with van der Waals surface area (Å²) in [7, 11) is 1.58. The summed E-state index contributed by atoms with van der Waals surface area (Å²) < 4.78 is 0. The zero-order valence-electron chi connectivity index (χ0n) is 16.3. The molecule has 4 N–H and O–H groups in total. The topological polar surface area (TPSA) is 106 Å². The molecule has 9 nitrogen and oxygen atoms in total. The maximum Gasteiger partial charge on any atom is 0.318 e. The number of β-amino-alcohol motifs (C(OH)–C–C–N with tert-alkyl or cyclic N) is 1. The van der Waals surface area contributed by atoms with Crippen LogP contribution in [0.25, 0.3) is 0 Å². The molecule has 28 heavy (non-hydrogen) atoms. The minimum absolute atomic E-state index is 0.193. The predicted molar refractivity (Wildman–Crippen MR) is 110 cm³/mol. The number of aliphatic hydroxyl groups excluding tert-OH is 1. The number of amides is 2. The van der Waals surface area contributed by atoms with Crippen LogP contribution < -0.4 is 20.9 Å². The number of hydrogen-bond donors (Lipinski definition) is 4.